The molecule has 3 heterocycles. The number of primary amides is 1. The molecule has 3 N–H and O–H groups in total. The summed E-state index contributed by atoms with van der Waals surface area (Å²) in [5.41, 5.74) is 6.13. The summed E-state index contributed by atoms with van der Waals surface area (Å²) in [5.74, 6) is -0.0210. The first-order valence-electron chi connectivity index (χ1n) is 10.0. The summed E-state index contributed by atoms with van der Waals surface area (Å²) < 4.78 is 0. The molecule has 1 aromatic heterocycles. The molecule has 3 rings (SSSR count). The van der Waals surface area contributed by atoms with E-state index >= 15 is 0 Å². The van der Waals surface area contributed by atoms with Crippen LogP contribution in [0.1, 0.15) is 37.8 Å². The van der Waals surface area contributed by atoms with Gasteiger partial charge in [-0.2, -0.15) is 0 Å². The Morgan fingerprint density at radius 2 is 2.00 bits per heavy atom. The van der Waals surface area contributed by atoms with Gasteiger partial charge in [0.1, 0.15) is 0 Å². The van der Waals surface area contributed by atoms with Crippen LogP contribution in [0.25, 0.3) is 0 Å². The van der Waals surface area contributed by atoms with E-state index in [0.717, 1.165) is 64.1 Å². The predicted molar refractivity (Wildman–Crippen MR) is 104 cm³/mol. The predicted octanol–water partition coefficient (Wildman–Crippen LogP) is 0.750. The van der Waals surface area contributed by atoms with E-state index in [1.165, 1.54) is 0 Å². The molecule has 27 heavy (non-hydrogen) atoms. The first-order chi connectivity index (χ1) is 13.1. The number of nitrogens with zero attached hydrogens (tertiary/aromatic N) is 3. The Bertz CT molecular complexity index is 616. The summed E-state index contributed by atoms with van der Waals surface area (Å²) in [6, 6.07) is 6.29. The maximum atomic E-state index is 12.6. The van der Waals surface area contributed by atoms with Crippen LogP contribution in [0, 0.1) is 5.92 Å². The average Bonchev–Trinajstić information content (AvgIpc) is 2.71. The smallest absolute Gasteiger partial charge is 0.224 e. The SMILES string of the molecule is NC(=O)CCN1CCC(N2CCC[C@H](C(=O)NCc3ccccn3)C2)CC1. The van der Waals surface area contributed by atoms with Crippen LogP contribution >= 0.6 is 0 Å². The average molecular weight is 374 g/mol. The molecule has 7 nitrogen and oxygen atoms in total. The van der Waals surface area contributed by atoms with Crippen LogP contribution in [0.5, 0.6) is 0 Å². The van der Waals surface area contributed by atoms with Gasteiger partial charge in [0.2, 0.25) is 11.8 Å². The van der Waals surface area contributed by atoms with Gasteiger partial charge in [0.15, 0.2) is 0 Å². The van der Waals surface area contributed by atoms with Crippen LogP contribution in [-0.2, 0) is 16.1 Å². The third kappa shape index (κ3) is 6.01. The molecule has 1 atom stereocenters. The zero-order valence-electron chi connectivity index (χ0n) is 16.0. The van der Waals surface area contributed by atoms with Crippen LogP contribution in [-0.4, -0.2) is 65.4 Å². The van der Waals surface area contributed by atoms with E-state index in [0.29, 0.717) is 19.0 Å². The highest BCUT2D eigenvalue weighted by molar-refractivity contribution is 5.78. The number of carbonyl (C=O) groups excluding carboxylic acids is 2. The van der Waals surface area contributed by atoms with Gasteiger partial charge >= 0.3 is 0 Å². The zero-order valence-corrected chi connectivity index (χ0v) is 16.0. The number of pyridine rings is 1. The van der Waals surface area contributed by atoms with Gasteiger partial charge in [-0.1, -0.05) is 6.07 Å². The van der Waals surface area contributed by atoms with Crippen LogP contribution in [0.2, 0.25) is 0 Å². The normalized spacial score (nSPS) is 22.4. The second-order valence-corrected chi connectivity index (χ2v) is 7.66. The number of nitrogens with one attached hydrogen (secondary N) is 1. The molecule has 2 fully saturated rings. The molecule has 1 aromatic rings. The number of aromatic nitrogens is 1. The van der Waals surface area contributed by atoms with Gasteiger partial charge in [-0.3, -0.25) is 19.5 Å². The molecule has 7 heteroatoms. The van der Waals surface area contributed by atoms with Crippen molar-refractivity contribution in [3.63, 3.8) is 0 Å². The Labute approximate surface area is 161 Å². The molecule has 0 saturated carbocycles. The lowest BCUT2D eigenvalue weighted by Gasteiger charge is -2.42. The Balaban J connectivity index is 1.42. The molecule has 2 amide bonds. The Morgan fingerprint density at radius 3 is 2.70 bits per heavy atom. The number of carbonyl (C=O) groups is 2. The van der Waals surface area contributed by atoms with Crippen molar-refractivity contribution in [3.05, 3.63) is 30.1 Å². The fraction of sp³-hybridized carbons (Fsp3) is 0.650. The lowest BCUT2D eigenvalue weighted by Crippen LogP contribution is -2.51. The van der Waals surface area contributed by atoms with Crippen molar-refractivity contribution in [2.75, 3.05) is 32.7 Å². The van der Waals surface area contributed by atoms with Gasteiger partial charge in [-0.15, -0.1) is 0 Å². The minimum Gasteiger partial charge on any atom is -0.370 e. The summed E-state index contributed by atoms with van der Waals surface area (Å²) in [5, 5.41) is 3.05. The molecular formula is C20H31N5O2. The highest BCUT2D eigenvalue weighted by Gasteiger charge is 2.31. The van der Waals surface area contributed by atoms with Crippen LogP contribution in [0.3, 0.4) is 0 Å². The van der Waals surface area contributed by atoms with Crippen molar-refractivity contribution < 1.29 is 9.59 Å². The molecule has 0 aromatic carbocycles. The van der Waals surface area contributed by atoms with Crippen LogP contribution in [0.15, 0.2) is 24.4 Å². The fourth-order valence-electron chi connectivity index (χ4n) is 4.15. The highest BCUT2D eigenvalue weighted by Crippen LogP contribution is 2.24. The van der Waals surface area contributed by atoms with Gasteiger partial charge in [0.05, 0.1) is 18.2 Å². The fourth-order valence-corrected chi connectivity index (χ4v) is 4.15. The third-order valence-electron chi connectivity index (χ3n) is 5.74. The number of nitrogens with two attached hydrogens (primary N) is 1. The molecule has 2 aliphatic rings. The Morgan fingerprint density at radius 1 is 1.19 bits per heavy atom. The minimum atomic E-state index is -0.229. The molecular weight excluding hydrogens is 342 g/mol. The zero-order chi connectivity index (χ0) is 19.1. The van der Waals surface area contributed by atoms with Gasteiger partial charge in [0, 0.05) is 31.7 Å². The Kier molecular flexibility index (Phi) is 7.18. The minimum absolute atomic E-state index is 0.0651. The number of likely N-dealkylation sites (tertiary alicyclic amines) is 2. The first-order valence-corrected chi connectivity index (χ1v) is 10.0. The number of hydrogen-bond donors (Lipinski definition) is 2. The summed E-state index contributed by atoms with van der Waals surface area (Å²) in [6.45, 7) is 5.20. The summed E-state index contributed by atoms with van der Waals surface area (Å²) in [7, 11) is 0. The monoisotopic (exact) mass is 373 g/mol. The lowest BCUT2D eigenvalue weighted by atomic mass is 9.93. The van der Waals surface area contributed by atoms with Crippen molar-refractivity contribution in [1.29, 1.82) is 0 Å². The molecule has 0 spiro atoms. The van der Waals surface area contributed by atoms with Crippen LogP contribution < -0.4 is 11.1 Å². The van der Waals surface area contributed by atoms with Gasteiger partial charge < -0.3 is 16.0 Å². The van der Waals surface area contributed by atoms with Crippen LogP contribution in [0.4, 0.5) is 0 Å². The summed E-state index contributed by atoms with van der Waals surface area (Å²) in [6.07, 6.45) is 6.42. The van der Waals surface area contributed by atoms with E-state index in [1.807, 2.05) is 18.2 Å². The van der Waals surface area contributed by atoms with Crippen molar-refractivity contribution in [1.82, 2.24) is 20.1 Å². The van der Waals surface area contributed by atoms with Crippen molar-refractivity contribution in [2.45, 2.75) is 44.7 Å². The third-order valence-corrected chi connectivity index (χ3v) is 5.74. The van der Waals surface area contributed by atoms with Crippen molar-refractivity contribution in [3.8, 4) is 0 Å². The van der Waals surface area contributed by atoms with Crippen molar-refractivity contribution in [2.24, 2.45) is 11.7 Å². The van der Waals surface area contributed by atoms with E-state index in [9.17, 15) is 9.59 Å². The Hall–Kier alpha value is -1.99. The number of amides is 2. The molecule has 148 valence electrons. The molecule has 0 aliphatic carbocycles. The standard InChI is InChI=1S/C20H31N5O2/c21-19(26)8-13-24-11-6-18(7-12-24)25-10-3-4-16(15-25)20(27)23-14-17-5-1-2-9-22-17/h1-2,5,9,16,18H,3-4,6-8,10-15H2,(H2,21,26)(H,23,27)/t16-/m0/s1. The number of piperidine rings is 2. The topological polar surface area (TPSA) is 91.6 Å². The largest absolute Gasteiger partial charge is 0.370 e. The van der Waals surface area contributed by atoms with Gasteiger partial charge in [-0.25, -0.2) is 0 Å². The van der Waals surface area contributed by atoms with E-state index < -0.39 is 0 Å². The summed E-state index contributed by atoms with van der Waals surface area (Å²) >= 11 is 0. The summed E-state index contributed by atoms with van der Waals surface area (Å²) in [4.78, 5) is 32.6. The van der Waals surface area contributed by atoms with Gasteiger partial charge in [0.25, 0.3) is 0 Å². The van der Waals surface area contributed by atoms with E-state index in [2.05, 4.69) is 20.1 Å². The highest BCUT2D eigenvalue weighted by atomic mass is 16.2. The van der Waals surface area contributed by atoms with E-state index in [1.54, 1.807) is 6.20 Å². The molecule has 0 radical (unpaired) electrons. The second kappa shape index (κ2) is 9.80. The second-order valence-electron chi connectivity index (χ2n) is 7.66. The first kappa shape index (κ1) is 19.8. The van der Waals surface area contributed by atoms with Crippen molar-refractivity contribution >= 4 is 11.8 Å². The maximum Gasteiger partial charge on any atom is 0.224 e. The van der Waals surface area contributed by atoms with E-state index in [4.69, 9.17) is 5.73 Å². The maximum absolute atomic E-state index is 12.6. The quantitative estimate of drug-likeness (QED) is 0.736. The molecule has 0 unspecified atom stereocenters. The molecule has 2 aliphatic heterocycles. The van der Waals surface area contributed by atoms with E-state index in [-0.39, 0.29) is 17.7 Å². The molecule has 2 saturated heterocycles. The number of hydrogen-bond acceptors (Lipinski definition) is 5. The lowest BCUT2D eigenvalue weighted by molar-refractivity contribution is -0.127. The van der Waals surface area contributed by atoms with Gasteiger partial charge in [-0.05, 0) is 57.5 Å². The molecule has 0 bridgehead atoms. The number of rotatable bonds is 7.